The van der Waals surface area contributed by atoms with Crippen LogP contribution in [0.15, 0.2) is 36.5 Å². The van der Waals surface area contributed by atoms with Gasteiger partial charge in [0.05, 0.1) is 33.8 Å². The van der Waals surface area contributed by atoms with E-state index in [1.165, 1.54) is 180 Å². The molecule has 0 aromatic carbocycles. The number of nitrogens with zero attached hydrogens (tertiary/aromatic N) is 1. The number of likely N-dealkylation sites (N-methyl/N-ethyl adjacent to an activating group) is 1. The van der Waals surface area contributed by atoms with Crippen molar-refractivity contribution in [2.24, 2.45) is 0 Å². The SMILES string of the molecule is CCCCC/C=C\C/C=C\CCCCCCCCCCCC(=O)NC(COP(=O)(O)OCC[N+](C)(C)C)C(/C=C\CCCCCCCCCCC)OC(=O)CCCCCCCCCCCCCCC. The van der Waals surface area contributed by atoms with Crippen LogP contribution in [-0.2, 0) is 27.9 Å². The van der Waals surface area contributed by atoms with Gasteiger partial charge in [-0.25, -0.2) is 4.57 Å². The minimum Gasteiger partial charge on any atom is -0.456 e. The average molecular weight is 995 g/mol. The smallest absolute Gasteiger partial charge is 0.456 e. The molecule has 0 bridgehead atoms. The number of hydrogen-bond donors (Lipinski definition) is 2. The number of quaternary nitrogens is 1. The van der Waals surface area contributed by atoms with Crippen LogP contribution in [-0.4, -0.2) is 74.3 Å². The minimum atomic E-state index is -4.44. The third-order valence-corrected chi connectivity index (χ3v) is 14.1. The number of carbonyl (C=O) groups is 2. The van der Waals surface area contributed by atoms with Crippen molar-refractivity contribution in [3.8, 4) is 0 Å². The van der Waals surface area contributed by atoms with Crippen molar-refractivity contribution < 1.29 is 37.3 Å². The standard InChI is InChI=1S/C59H113N2O7P/c1-7-10-13-16-19-22-25-27-28-29-30-31-32-34-36-39-42-45-48-51-58(62)60-56(55-67-69(64,65)66-54-53-61(4,5)6)57(50-47-44-41-38-35-24-21-18-15-12-9-3)68-59(63)52-49-46-43-40-37-33-26-23-20-17-14-11-8-2/h19,22,27-28,47,50,56-57H,7-18,20-21,23-26,29-46,48-49,51-55H2,1-6H3,(H-,60,62,64,65)/p+1/b22-19-,28-27-,50-47-. The maximum atomic E-state index is 13.5. The third kappa shape index (κ3) is 51.0. The summed E-state index contributed by atoms with van der Waals surface area (Å²) in [4.78, 5) is 37.6. The zero-order valence-corrected chi connectivity index (χ0v) is 47.2. The van der Waals surface area contributed by atoms with Gasteiger partial charge in [-0.1, -0.05) is 237 Å². The van der Waals surface area contributed by atoms with Crippen LogP contribution in [0.3, 0.4) is 0 Å². The van der Waals surface area contributed by atoms with Gasteiger partial charge >= 0.3 is 13.8 Å². The van der Waals surface area contributed by atoms with Gasteiger partial charge in [-0.2, -0.15) is 0 Å². The summed E-state index contributed by atoms with van der Waals surface area (Å²) >= 11 is 0. The van der Waals surface area contributed by atoms with Crippen molar-refractivity contribution in [3.63, 3.8) is 0 Å². The molecule has 406 valence electrons. The lowest BCUT2D eigenvalue weighted by molar-refractivity contribution is -0.870. The van der Waals surface area contributed by atoms with Gasteiger partial charge in [-0.05, 0) is 63.9 Å². The van der Waals surface area contributed by atoms with Gasteiger partial charge in [0, 0.05) is 12.8 Å². The molecule has 3 unspecified atom stereocenters. The Bertz CT molecular complexity index is 1280. The Morgan fingerprint density at radius 1 is 0.507 bits per heavy atom. The van der Waals surface area contributed by atoms with E-state index in [1.54, 1.807) is 0 Å². The van der Waals surface area contributed by atoms with Crippen LogP contribution in [0.4, 0.5) is 0 Å². The monoisotopic (exact) mass is 994 g/mol. The lowest BCUT2D eigenvalue weighted by atomic mass is 10.0. The molecule has 0 aliphatic carbocycles. The molecule has 0 aromatic heterocycles. The Kier molecular flexibility index (Phi) is 48.5. The largest absolute Gasteiger partial charge is 0.472 e. The van der Waals surface area contributed by atoms with Crippen LogP contribution in [0.25, 0.3) is 0 Å². The quantitative estimate of drug-likeness (QED) is 0.0205. The zero-order chi connectivity index (χ0) is 50.8. The van der Waals surface area contributed by atoms with Crippen LogP contribution in [0.1, 0.15) is 278 Å². The molecule has 0 spiro atoms. The lowest BCUT2D eigenvalue weighted by Gasteiger charge is -2.27. The maximum absolute atomic E-state index is 13.5. The molecule has 69 heavy (non-hydrogen) atoms. The van der Waals surface area contributed by atoms with E-state index in [-0.39, 0.29) is 25.1 Å². The molecule has 3 atom stereocenters. The number of allylic oxidation sites excluding steroid dienone is 5. The number of hydrogen-bond acceptors (Lipinski definition) is 6. The molecule has 10 heteroatoms. The first-order chi connectivity index (χ1) is 33.4. The summed E-state index contributed by atoms with van der Waals surface area (Å²) in [6.07, 6.45) is 58.4. The highest BCUT2D eigenvalue weighted by Gasteiger charge is 2.30. The highest BCUT2D eigenvalue weighted by atomic mass is 31.2. The summed E-state index contributed by atoms with van der Waals surface area (Å²) in [6, 6.07) is -0.845. The van der Waals surface area contributed by atoms with Crippen LogP contribution < -0.4 is 5.32 Å². The predicted octanol–water partition coefficient (Wildman–Crippen LogP) is 17.6. The fourth-order valence-electron chi connectivity index (χ4n) is 8.50. The molecule has 0 saturated heterocycles. The number of nitrogens with one attached hydrogen (secondary N) is 1. The lowest BCUT2D eigenvalue weighted by Crippen LogP contribution is -2.47. The summed E-state index contributed by atoms with van der Waals surface area (Å²) in [6.45, 7) is 6.99. The second kappa shape index (κ2) is 49.8. The van der Waals surface area contributed by atoms with Crippen LogP contribution >= 0.6 is 7.82 Å². The average Bonchev–Trinajstić information content (AvgIpc) is 3.31. The number of ether oxygens (including phenoxy) is 1. The molecule has 0 heterocycles. The van der Waals surface area contributed by atoms with E-state index >= 15 is 0 Å². The molecule has 0 aliphatic heterocycles. The molecule has 0 aliphatic rings. The van der Waals surface area contributed by atoms with Crippen molar-refractivity contribution in [1.29, 1.82) is 0 Å². The van der Waals surface area contributed by atoms with Gasteiger partial charge in [0.1, 0.15) is 19.3 Å². The molecule has 0 saturated carbocycles. The van der Waals surface area contributed by atoms with Gasteiger partial charge in [-0.15, -0.1) is 0 Å². The Balaban J connectivity index is 5.25. The van der Waals surface area contributed by atoms with E-state index in [1.807, 2.05) is 33.3 Å². The first kappa shape index (κ1) is 67.2. The number of phosphoric acid groups is 1. The molecule has 2 N–H and O–H groups in total. The van der Waals surface area contributed by atoms with Crippen LogP contribution in [0.5, 0.6) is 0 Å². The normalized spacial score (nSPS) is 14.0. The summed E-state index contributed by atoms with van der Waals surface area (Å²) in [5, 5.41) is 3.05. The van der Waals surface area contributed by atoms with Crippen molar-refractivity contribution in [3.05, 3.63) is 36.5 Å². The predicted molar refractivity (Wildman–Crippen MR) is 296 cm³/mol. The van der Waals surface area contributed by atoms with E-state index in [2.05, 4.69) is 50.4 Å². The Morgan fingerprint density at radius 2 is 0.884 bits per heavy atom. The minimum absolute atomic E-state index is 0.0413. The van der Waals surface area contributed by atoms with E-state index in [4.69, 9.17) is 13.8 Å². The fourth-order valence-corrected chi connectivity index (χ4v) is 9.24. The van der Waals surface area contributed by atoms with Crippen molar-refractivity contribution >= 4 is 19.7 Å². The van der Waals surface area contributed by atoms with E-state index < -0.39 is 20.0 Å². The second-order valence-corrected chi connectivity index (χ2v) is 22.6. The highest BCUT2D eigenvalue weighted by Crippen LogP contribution is 2.43. The highest BCUT2D eigenvalue weighted by molar-refractivity contribution is 7.47. The number of unbranched alkanes of at least 4 members (excludes halogenated alkanes) is 33. The first-order valence-electron chi connectivity index (χ1n) is 29.3. The molecule has 0 aromatic rings. The number of esters is 1. The van der Waals surface area contributed by atoms with Crippen molar-refractivity contribution in [2.75, 3.05) is 40.9 Å². The summed E-state index contributed by atoms with van der Waals surface area (Å²) in [5.41, 5.74) is 0. The van der Waals surface area contributed by atoms with Gasteiger partial charge in [-0.3, -0.25) is 18.6 Å². The number of phosphoric ester groups is 1. The first-order valence-corrected chi connectivity index (χ1v) is 30.8. The third-order valence-electron chi connectivity index (χ3n) is 13.1. The molecule has 0 fully saturated rings. The molecule has 0 rings (SSSR count). The topological polar surface area (TPSA) is 111 Å². The zero-order valence-electron chi connectivity index (χ0n) is 46.3. The van der Waals surface area contributed by atoms with Crippen LogP contribution in [0, 0.1) is 0 Å². The molecular formula is C59H114N2O7P+. The molecular weight excluding hydrogens is 880 g/mol. The van der Waals surface area contributed by atoms with E-state index in [9.17, 15) is 19.0 Å². The van der Waals surface area contributed by atoms with Gasteiger partial charge in [0.25, 0.3) is 0 Å². The Hall–Kier alpha value is -1.77. The summed E-state index contributed by atoms with van der Waals surface area (Å²) in [7, 11) is 1.50. The van der Waals surface area contributed by atoms with E-state index in [0.29, 0.717) is 23.9 Å². The number of carbonyl (C=O) groups excluding carboxylic acids is 2. The number of rotatable bonds is 53. The van der Waals surface area contributed by atoms with E-state index in [0.717, 1.165) is 64.2 Å². The maximum Gasteiger partial charge on any atom is 0.472 e. The van der Waals surface area contributed by atoms with Gasteiger partial charge in [0.2, 0.25) is 5.91 Å². The molecule has 9 nitrogen and oxygen atoms in total. The summed E-state index contributed by atoms with van der Waals surface area (Å²) in [5.74, 6) is -0.501. The fraction of sp³-hybridized carbons (Fsp3) is 0.864. The van der Waals surface area contributed by atoms with Crippen LogP contribution in [0.2, 0.25) is 0 Å². The van der Waals surface area contributed by atoms with Gasteiger partial charge < -0.3 is 19.4 Å². The van der Waals surface area contributed by atoms with Crippen molar-refractivity contribution in [1.82, 2.24) is 5.32 Å². The van der Waals surface area contributed by atoms with Gasteiger partial charge in [0.15, 0.2) is 0 Å². The molecule has 0 radical (unpaired) electrons. The van der Waals surface area contributed by atoms with Crippen molar-refractivity contribution in [2.45, 2.75) is 290 Å². The summed E-state index contributed by atoms with van der Waals surface area (Å²) < 4.78 is 30.6. The Morgan fingerprint density at radius 3 is 1.33 bits per heavy atom. The number of amides is 1. The Labute approximate surface area is 427 Å². The second-order valence-electron chi connectivity index (χ2n) is 21.2. The molecule has 1 amide bonds.